The summed E-state index contributed by atoms with van der Waals surface area (Å²) < 4.78 is 4.58. The lowest BCUT2D eigenvalue weighted by Crippen LogP contribution is -2.07. The quantitative estimate of drug-likeness (QED) is 0.604. The Bertz CT molecular complexity index is 614. The van der Waals surface area contributed by atoms with Gasteiger partial charge in [0.05, 0.1) is 30.9 Å². The first-order valence-electron chi connectivity index (χ1n) is 5.62. The monoisotopic (exact) mass is 468 g/mol. The molecule has 0 radical (unpaired) electrons. The van der Waals surface area contributed by atoms with Crippen molar-refractivity contribution in [3.63, 3.8) is 0 Å². The van der Waals surface area contributed by atoms with Gasteiger partial charge in [-0.3, -0.25) is 9.48 Å². The van der Waals surface area contributed by atoms with Crippen molar-refractivity contribution in [2.24, 2.45) is 7.05 Å². The molecule has 2 rings (SSSR count). The van der Waals surface area contributed by atoms with Crippen molar-refractivity contribution in [2.45, 2.75) is 19.8 Å². The lowest BCUT2D eigenvalue weighted by Gasteiger charge is -2.01. The number of Topliss-reactive ketones (excluding diaryl/α,β-unsaturated/α-hetero) is 1. The van der Waals surface area contributed by atoms with Crippen LogP contribution in [0.15, 0.2) is 18.8 Å². The van der Waals surface area contributed by atoms with Gasteiger partial charge in [-0.25, -0.2) is 0 Å². The zero-order chi connectivity index (χ0) is 14.2. The maximum Gasteiger partial charge on any atom is 0.178 e. The van der Waals surface area contributed by atoms with E-state index in [0.29, 0.717) is 6.42 Å². The molecule has 7 heteroatoms. The highest BCUT2D eigenvalue weighted by molar-refractivity contribution is 9.13. The van der Waals surface area contributed by atoms with Crippen molar-refractivity contribution in [1.29, 1.82) is 0 Å². The van der Waals surface area contributed by atoms with E-state index in [9.17, 15) is 4.79 Å². The molecule has 2 aromatic rings. The van der Waals surface area contributed by atoms with Crippen molar-refractivity contribution >= 4 is 64.9 Å². The van der Waals surface area contributed by atoms with Crippen LogP contribution in [0.4, 0.5) is 0 Å². The molecule has 0 spiro atoms. The first-order valence-corrected chi connectivity index (χ1v) is 8.81. The third-order valence-electron chi connectivity index (χ3n) is 2.75. The Morgan fingerprint density at radius 1 is 1.42 bits per heavy atom. The number of nitrogens with zero attached hydrogens (tertiary/aromatic N) is 2. The SMILES string of the molecule is CCc1nn(C)c(CC(=O)c2cc(Br)c(Br)s2)c1Br. The van der Waals surface area contributed by atoms with Crippen molar-refractivity contribution in [3.05, 3.63) is 35.1 Å². The van der Waals surface area contributed by atoms with Gasteiger partial charge >= 0.3 is 0 Å². The fourth-order valence-electron chi connectivity index (χ4n) is 1.74. The molecule has 19 heavy (non-hydrogen) atoms. The predicted molar refractivity (Wildman–Crippen MR) is 88.0 cm³/mol. The molecule has 0 aromatic carbocycles. The van der Waals surface area contributed by atoms with Crippen LogP contribution in [-0.4, -0.2) is 15.6 Å². The Balaban J connectivity index is 2.26. The highest BCUT2D eigenvalue weighted by atomic mass is 79.9. The van der Waals surface area contributed by atoms with E-state index in [-0.39, 0.29) is 5.78 Å². The van der Waals surface area contributed by atoms with Gasteiger partial charge in [0.2, 0.25) is 0 Å². The topological polar surface area (TPSA) is 34.9 Å². The van der Waals surface area contributed by atoms with E-state index in [1.54, 1.807) is 4.68 Å². The molecule has 0 aliphatic carbocycles. The lowest BCUT2D eigenvalue weighted by atomic mass is 10.2. The summed E-state index contributed by atoms with van der Waals surface area (Å²) in [5.74, 6) is 0.0998. The van der Waals surface area contributed by atoms with Crippen molar-refractivity contribution in [1.82, 2.24) is 9.78 Å². The molecule has 2 aromatic heterocycles. The summed E-state index contributed by atoms with van der Waals surface area (Å²) in [6.45, 7) is 2.05. The number of carbonyl (C=O) groups is 1. The van der Waals surface area contributed by atoms with E-state index in [4.69, 9.17) is 0 Å². The van der Waals surface area contributed by atoms with Gasteiger partial charge in [-0.2, -0.15) is 5.10 Å². The van der Waals surface area contributed by atoms with Gasteiger partial charge in [0.1, 0.15) is 0 Å². The molecular weight excluding hydrogens is 460 g/mol. The lowest BCUT2D eigenvalue weighted by molar-refractivity contribution is 0.0994. The molecule has 0 amide bonds. The number of rotatable bonds is 4. The van der Waals surface area contributed by atoms with Gasteiger partial charge < -0.3 is 0 Å². The van der Waals surface area contributed by atoms with E-state index >= 15 is 0 Å². The van der Waals surface area contributed by atoms with Crippen LogP contribution in [0, 0.1) is 0 Å². The number of thiophene rings is 1. The minimum Gasteiger partial charge on any atom is -0.293 e. The average molecular weight is 471 g/mol. The third-order valence-corrected chi connectivity index (χ3v) is 6.96. The fourth-order valence-corrected chi connectivity index (χ4v) is 4.46. The number of hydrogen-bond donors (Lipinski definition) is 0. The molecule has 0 bridgehead atoms. The molecule has 102 valence electrons. The van der Waals surface area contributed by atoms with Crippen LogP contribution in [0.2, 0.25) is 0 Å². The maximum atomic E-state index is 12.3. The Morgan fingerprint density at radius 2 is 2.11 bits per heavy atom. The Kier molecular flexibility index (Phi) is 5.03. The minimum atomic E-state index is 0.0998. The molecule has 3 nitrogen and oxygen atoms in total. The summed E-state index contributed by atoms with van der Waals surface area (Å²) >= 11 is 11.8. The number of aromatic nitrogens is 2. The maximum absolute atomic E-state index is 12.3. The van der Waals surface area contributed by atoms with Crippen LogP contribution in [0.1, 0.15) is 28.0 Å². The van der Waals surface area contributed by atoms with E-state index < -0.39 is 0 Å². The molecule has 0 N–H and O–H groups in total. The predicted octanol–water partition coefficient (Wildman–Crippen LogP) is 4.76. The van der Waals surface area contributed by atoms with E-state index in [2.05, 4.69) is 52.9 Å². The van der Waals surface area contributed by atoms with Gasteiger partial charge in [0, 0.05) is 11.5 Å². The largest absolute Gasteiger partial charge is 0.293 e. The molecule has 0 atom stereocenters. The summed E-state index contributed by atoms with van der Waals surface area (Å²) in [7, 11) is 1.87. The first-order chi connectivity index (χ1) is 8.93. The minimum absolute atomic E-state index is 0.0998. The van der Waals surface area contributed by atoms with Crippen LogP contribution in [0.5, 0.6) is 0 Å². The van der Waals surface area contributed by atoms with Crippen LogP contribution in [0.3, 0.4) is 0 Å². The Labute approximate surface area is 140 Å². The number of carbonyl (C=O) groups excluding carboxylic acids is 1. The zero-order valence-electron chi connectivity index (χ0n) is 10.3. The molecule has 2 heterocycles. The van der Waals surface area contributed by atoms with Gasteiger partial charge in [-0.05, 0) is 60.3 Å². The highest BCUT2D eigenvalue weighted by Gasteiger charge is 2.18. The summed E-state index contributed by atoms with van der Waals surface area (Å²) in [6.07, 6.45) is 1.20. The summed E-state index contributed by atoms with van der Waals surface area (Å²) in [5.41, 5.74) is 1.90. The van der Waals surface area contributed by atoms with E-state index in [1.165, 1.54) is 11.3 Å². The van der Waals surface area contributed by atoms with Gasteiger partial charge in [-0.15, -0.1) is 11.3 Å². The molecule has 0 saturated heterocycles. The van der Waals surface area contributed by atoms with Crippen molar-refractivity contribution in [2.75, 3.05) is 0 Å². The molecular formula is C12H11Br3N2OS. The second-order valence-corrected chi connectivity index (χ2v) is 8.03. The van der Waals surface area contributed by atoms with Gasteiger partial charge in [-0.1, -0.05) is 6.92 Å². The summed E-state index contributed by atoms with van der Waals surface area (Å²) in [6, 6.07) is 1.85. The second kappa shape index (κ2) is 6.20. The van der Waals surface area contributed by atoms with Gasteiger partial charge in [0.25, 0.3) is 0 Å². The summed E-state index contributed by atoms with van der Waals surface area (Å²) in [4.78, 5) is 13.0. The van der Waals surface area contributed by atoms with Crippen LogP contribution < -0.4 is 0 Å². The smallest absolute Gasteiger partial charge is 0.178 e. The average Bonchev–Trinajstić information content (AvgIpc) is 2.84. The Morgan fingerprint density at radius 3 is 2.58 bits per heavy atom. The van der Waals surface area contributed by atoms with Crippen LogP contribution >= 0.6 is 59.1 Å². The molecule has 0 aliphatic heterocycles. The zero-order valence-corrected chi connectivity index (χ0v) is 15.9. The number of aryl methyl sites for hydroxylation is 2. The number of ketones is 1. The second-order valence-electron chi connectivity index (χ2n) is 4.02. The molecule has 0 saturated carbocycles. The Hall–Kier alpha value is 0.0200. The number of hydrogen-bond acceptors (Lipinski definition) is 3. The normalized spacial score (nSPS) is 11.0. The fraction of sp³-hybridized carbons (Fsp3) is 0.333. The summed E-state index contributed by atoms with van der Waals surface area (Å²) in [5, 5.41) is 4.40. The standard InChI is InChI=1S/C12H11Br3N2OS/c1-3-7-11(14)8(17(2)16-7)5-9(18)10-4-6(13)12(15)19-10/h4H,3,5H2,1-2H3. The molecule has 0 unspecified atom stereocenters. The third kappa shape index (κ3) is 3.20. The highest BCUT2D eigenvalue weighted by Crippen LogP contribution is 2.33. The van der Waals surface area contributed by atoms with Gasteiger partial charge in [0.15, 0.2) is 5.78 Å². The van der Waals surface area contributed by atoms with E-state index in [1.807, 2.05) is 20.0 Å². The van der Waals surface area contributed by atoms with Crippen LogP contribution in [0.25, 0.3) is 0 Å². The molecule has 0 fully saturated rings. The number of halogens is 3. The van der Waals surface area contributed by atoms with E-state index in [0.717, 1.165) is 35.4 Å². The van der Waals surface area contributed by atoms with Crippen LogP contribution in [-0.2, 0) is 19.9 Å². The van der Waals surface area contributed by atoms with Crippen molar-refractivity contribution < 1.29 is 4.79 Å². The molecule has 0 aliphatic rings. The van der Waals surface area contributed by atoms with Crippen molar-refractivity contribution in [3.8, 4) is 0 Å². The first kappa shape index (κ1) is 15.4.